The molecule has 138 valence electrons. The first-order valence-electron chi connectivity index (χ1n) is 10.4. The highest BCUT2D eigenvalue weighted by Gasteiger charge is 2.31. The minimum atomic E-state index is 0.0370. The summed E-state index contributed by atoms with van der Waals surface area (Å²) in [7, 11) is 0. The van der Waals surface area contributed by atoms with Gasteiger partial charge in [-0.25, -0.2) is 0 Å². The molecule has 0 aliphatic heterocycles. The van der Waals surface area contributed by atoms with Crippen LogP contribution in [0.4, 0.5) is 0 Å². The van der Waals surface area contributed by atoms with Gasteiger partial charge in [0.25, 0.3) is 0 Å². The molecule has 3 rings (SSSR count). The molecule has 1 aromatic carbocycles. The highest BCUT2D eigenvalue weighted by atomic mass is 16.1. The summed E-state index contributed by atoms with van der Waals surface area (Å²) in [5.74, 6) is 0.786. The molecule has 3 nitrogen and oxygen atoms in total. The summed E-state index contributed by atoms with van der Waals surface area (Å²) in [4.78, 5) is 12.9. The van der Waals surface area contributed by atoms with Gasteiger partial charge < -0.3 is 10.6 Å². The molecule has 2 aliphatic rings. The second-order valence-electron chi connectivity index (χ2n) is 7.87. The number of amides is 1. The van der Waals surface area contributed by atoms with Gasteiger partial charge in [-0.05, 0) is 50.1 Å². The monoisotopic (exact) mass is 342 g/mol. The zero-order valence-electron chi connectivity index (χ0n) is 15.5. The first-order chi connectivity index (χ1) is 12.3. The van der Waals surface area contributed by atoms with Crippen molar-refractivity contribution in [2.45, 2.75) is 76.2 Å². The molecule has 1 amide bonds. The standard InChI is InChI=1S/C22H34N2O/c25-22(24-17-9-16-23-20-14-5-2-6-15-20)21(19-12-7-8-13-19)18-10-3-1-4-11-18/h1,3-4,10-11,19-21,23H,2,5-9,12-17H2,(H,24,25). The number of carbonyl (C=O) groups is 1. The molecule has 2 fully saturated rings. The Morgan fingerprint density at radius 2 is 1.60 bits per heavy atom. The van der Waals surface area contributed by atoms with E-state index >= 15 is 0 Å². The smallest absolute Gasteiger partial charge is 0.227 e. The maximum atomic E-state index is 12.9. The Bertz CT molecular complexity index is 504. The Balaban J connectivity index is 1.44. The molecule has 0 radical (unpaired) electrons. The van der Waals surface area contributed by atoms with Crippen molar-refractivity contribution in [3.8, 4) is 0 Å². The second-order valence-corrected chi connectivity index (χ2v) is 7.87. The molecule has 2 aliphatic carbocycles. The zero-order chi connectivity index (χ0) is 17.3. The van der Waals surface area contributed by atoms with Gasteiger partial charge in [0.15, 0.2) is 0 Å². The molecule has 1 unspecified atom stereocenters. The Kier molecular flexibility index (Phi) is 7.35. The summed E-state index contributed by atoms with van der Waals surface area (Å²) in [6.45, 7) is 1.80. The van der Waals surface area contributed by atoms with Crippen LogP contribution in [0, 0.1) is 5.92 Å². The first-order valence-corrected chi connectivity index (χ1v) is 10.4. The molecule has 0 aromatic heterocycles. The van der Waals surface area contributed by atoms with E-state index in [1.165, 1.54) is 63.4 Å². The van der Waals surface area contributed by atoms with E-state index in [1.54, 1.807) is 0 Å². The summed E-state index contributed by atoms with van der Waals surface area (Å²) in [5.41, 5.74) is 1.19. The minimum Gasteiger partial charge on any atom is -0.356 e. The van der Waals surface area contributed by atoms with E-state index in [1.807, 2.05) is 6.07 Å². The highest BCUT2D eigenvalue weighted by Crippen LogP contribution is 2.37. The first kappa shape index (κ1) is 18.4. The van der Waals surface area contributed by atoms with Crippen LogP contribution >= 0.6 is 0 Å². The van der Waals surface area contributed by atoms with Crippen molar-refractivity contribution in [3.05, 3.63) is 35.9 Å². The van der Waals surface area contributed by atoms with Gasteiger partial charge in [-0.1, -0.05) is 62.4 Å². The molecule has 2 N–H and O–H groups in total. The predicted octanol–water partition coefficient (Wildman–Crippen LogP) is 4.39. The van der Waals surface area contributed by atoms with E-state index in [0.717, 1.165) is 19.5 Å². The molecule has 25 heavy (non-hydrogen) atoms. The maximum Gasteiger partial charge on any atom is 0.227 e. The third-order valence-electron chi connectivity index (χ3n) is 6.00. The Hall–Kier alpha value is -1.35. The molecule has 1 atom stereocenters. The van der Waals surface area contributed by atoms with Crippen LogP contribution in [0.5, 0.6) is 0 Å². The lowest BCUT2D eigenvalue weighted by Crippen LogP contribution is -2.36. The van der Waals surface area contributed by atoms with Crippen LogP contribution in [0.15, 0.2) is 30.3 Å². The summed E-state index contributed by atoms with van der Waals surface area (Å²) >= 11 is 0. The van der Waals surface area contributed by atoms with Crippen molar-refractivity contribution in [1.29, 1.82) is 0 Å². The van der Waals surface area contributed by atoms with E-state index in [4.69, 9.17) is 0 Å². The van der Waals surface area contributed by atoms with Crippen LogP contribution in [0.3, 0.4) is 0 Å². The van der Waals surface area contributed by atoms with Crippen molar-refractivity contribution in [3.63, 3.8) is 0 Å². The van der Waals surface area contributed by atoms with Crippen molar-refractivity contribution in [1.82, 2.24) is 10.6 Å². The Labute approximate surface area is 153 Å². The summed E-state index contributed by atoms with van der Waals surface area (Å²) in [6, 6.07) is 11.1. The maximum absolute atomic E-state index is 12.9. The Morgan fingerprint density at radius 1 is 0.920 bits per heavy atom. The van der Waals surface area contributed by atoms with E-state index in [0.29, 0.717) is 12.0 Å². The van der Waals surface area contributed by atoms with E-state index in [2.05, 4.69) is 34.9 Å². The molecule has 0 saturated heterocycles. The molecular formula is C22H34N2O. The number of hydrogen-bond acceptors (Lipinski definition) is 2. The van der Waals surface area contributed by atoms with Gasteiger partial charge in [-0.2, -0.15) is 0 Å². The van der Waals surface area contributed by atoms with E-state index < -0.39 is 0 Å². The van der Waals surface area contributed by atoms with Crippen molar-refractivity contribution >= 4 is 5.91 Å². The van der Waals surface area contributed by atoms with Crippen LogP contribution in [-0.2, 0) is 4.79 Å². The molecule has 0 bridgehead atoms. The van der Waals surface area contributed by atoms with Gasteiger partial charge in [0.1, 0.15) is 0 Å². The third kappa shape index (κ3) is 5.57. The largest absolute Gasteiger partial charge is 0.356 e. The average Bonchev–Trinajstić information content (AvgIpc) is 3.17. The third-order valence-corrected chi connectivity index (χ3v) is 6.00. The van der Waals surface area contributed by atoms with Crippen LogP contribution in [0.1, 0.15) is 75.7 Å². The summed E-state index contributed by atoms with van der Waals surface area (Å²) in [6.07, 6.45) is 12.7. The predicted molar refractivity (Wildman–Crippen MR) is 104 cm³/mol. The fourth-order valence-electron chi connectivity index (χ4n) is 4.61. The topological polar surface area (TPSA) is 41.1 Å². The van der Waals surface area contributed by atoms with Crippen LogP contribution in [0.25, 0.3) is 0 Å². The van der Waals surface area contributed by atoms with Gasteiger partial charge >= 0.3 is 0 Å². The van der Waals surface area contributed by atoms with Crippen molar-refractivity contribution in [2.24, 2.45) is 5.92 Å². The lowest BCUT2D eigenvalue weighted by molar-refractivity contribution is -0.123. The fourth-order valence-corrected chi connectivity index (χ4v) is 4.61. The van der Waals surface area contributed by atoms with Crippen molar-refractivity contribution in [2.75, 3.05) is 13.1 Å². The lowest BCUT2D eigenvalue weighted by atomic mass is 9.84. The summed E-state index contributed by atoms with van der Waals surface area (Å²) in [5, 5.41) is 6.88. The van der Waals surface area contributed by atoms with Gasteiger partial charge in [-0.3, -0.25) is 4.79 Å². The molecule has 0 spiro atoms. The number of rotatable bonds is 8. The number of carbonyl (C=O) groups excluding carboxylic acids is 1. The fraction of sp³-hybridized carbons (Fsp3) is 0.682. The average molecular weight is 343 g/mol. The normalized spacial score (nSPS) is 20.5. The number of hydrogen-bond donors (Lipinski definition) is 2. The van der Waals surface area contributed by atoms with Crippen LogP contribution in [-0.4, -0.2) is 25.0 Å². The van der Waals surface area contributed by atoms with Gasteiger partial charge in [0.05, 0.1) is 5.92 Å². The van der Waals surface area contributed by atoms with Gasteiger partial charge in [-0.15, -0.1) is 0 Å². The van der Waals surface area contributed by atoms with Crippen LogP contribution < -0.4 is 10.6 Å². The van der Waals surface area contributed by atoms with Gasteiger partial charge in [0.2, 0.25) is 5.91 Å². The van der Waals surface area contributed by atoms with Crippen molar-refractivity contribution < 1.29 is 4.79 Å². The molecular weight excluding hydrogens is 308 g/mol. The quantitative estimate of drug-likeness (QED) is 0.688. The Morgan fingerprint density at radius 3 is 2.32 bits per heavy atom. The highest BCUT2D eigenvalue weighted by molar-refractivity contribution is 5.84. The molecule has 0 heterocycles. The van der Waals surface area contributed by atoms with Gasteiger partial charge in [0, 0.05) is 12.6 Å². The molecule has 3 heteroatoms. The van der Waals surface area contributed by atoms with E-state index in [9.17, 15) is 4.79 Å². The van der Waals surface area contributed by atoms with E-state index in [-0.39, 0.29) is 11.8 Å². The lowest BCUT2D eigenvalue weighted by Gasteiger charge is -2.24. The van der Waals surface area contributed by atoms with Crippen LogP contribution in [0.2, 0.25) is 0 Å². The number of nitrogens with one attached hydrogen (secondary N) is 2. The number of benzene rings is 1. The molecule has 1 aromatic rings. The molecule has 2 saturated carbocycles. The zero-order valence-corrected chi connectivity index (χ0v) is 15.5. The summed E-state index contributed by atoms with van der Waals surface area (Å²) < 4.78 is 0. The second kappa shape index (κ2) is 9.96. The minimum absolute atomic E-state index is 0.0370. The SMILES string of the molecule is O=C(NCCCNC1CCCCC1)C(c1ccccc1)C1CCCC1.